The van der Waals surface area contributed by atoms with Crippen LogP contribution in [0.5, 0.6) is 0 Å². The Balaban J connectivity index is 3.60. The predicted molar refractivity (Wildman–Crippen MR) is 44.3 cm³/mol. The van der Waals surface area contributed by atoms with E-state index in [1.165, 1.54) is 0 Å². The Morgan fingerprint density at radius 3 is 2.50 bits per heavy atom. The molecule has 64 valence electrons. The van der Waals surface area contributed by atoms with Gasteiger partial charge in [0.2, 0.25) is 0 Å². The van der Waals surface area contributed by atoms with Crippen LogP contribution in [0.4, 0.5) is 5.69 Å². The molecule has 0 spiro atoms. The topological polar surface area (TPSA) is 71.4 Å². The molecule has 0 aliphatic rings. The van der Waals surface area contributed by atoms with Gasteiger partial charge in [-0.15, -0.1) is 0 Å². The molecular weight excluding hydrogens is 200 g/mol. The molecule has 12 heavy (non-hydrogen) atoms. The lowest BCUT2D eigenvalue weighted by molar-refractivity contribution is 0.604. The summed E-state index contributed by atoms with van der Waals surface area (Å²) >= 11 is 0.668. The molecule has 0 saturated carbocycles. The normalized spacial score (nSPS) is 11.0. The monoisotopic (exact) mass is 204 g/mol. The van der Waals surface area contributed by atoms with E-state index in [2.05, 4.69) is 9.22 Å². The number of hydrogen-bond donors (Lipinski definition) is 1. The third kappa shape index (κ3) is 1.39. The molecule has 5 nitrogen and oxygen atoms in total. The second kappa shape index (κ2) is 2.73. The Bertz CT molecular complexity index is 487. The summed E-state index contributed by atoms with van der Waals surface area (Å²) in [7, 11) is -3.45. The van der Waals surface area contributed by atoms with Gasteiger partial charge in [-0.3, -0.25) is 9.17 Å². The third-order valence-corrected chi connectivity index (χ3v) is 3.78. The largest absolute Gasteiger partial charge is 0.287 e. The first-order chi connectivity index (χ1) is 5.46. The van der Waals surface area contributed by atoms with Crippen LogP contribution in [0.2, 0.25) is 0 Å². The number of nitrogens with one attached hydrogen (secondary N) is 1. The smallest absolute Gasteiger partial charge is 0.280 e. The first-order valence-electron chi connectivity index (χ1n) is 2.76. The fourth-order valence-corrected chi connectivity index (χ4v) is 2.37. The van der Waals surface area contributed by atoms with E-state index < -0.39 is 15.4 Å². The van der Waals surface area contributed by atoms with E-state index in [1.807, 2.05) is 0 Å². The van der Waals surface area contributed by atoms with Crippen LogP contribution in [0.25, 0.3) is 4.85 Å². The highest BCUT2D eigenvalue weighted by Gasteiger charge is 2.19. The highest BCUT2D eigenvalue weighted by Crippen LogP contribution is 2.23. The predicted octanol–water partition coefficient (Wildman–Crippen LogP) is 0.391. The quantitative estimate of drug-likeness (QED) is 0.673. The van der Waals surface area contributed by atoms with Crippen LogP contribution in [0.3, 0.4) is 0 Å². The summed E-state index contributed by atoms with van der Waals surface area (Å²) in [6, 6.07) is 0. The SMILES string of the molecule is [C-]#[N+]c1c(S(C)(=O)=O)s[nH]c1=O. The van der Waals surface area contributed by atoms with E-state index in [0.29, 0.717) is 11.5 Å². The first kappa shape index (κ1) is 8.96. The summed E-state index contributed by atoms with van der Waals surface area (Å²) < 4.78 is 23.9. The van der Waals surface area contributed by atoms with Crippen molar-refractivity contribution in [2.75, 3.05) is 6.26 Å². The lowest BCUT2D eigenvalue weighted by atomic mass is 10.6. The van der Waals surface area contributed by atoms with Gasteiger partial charge < -0.3 is 0 Å². The van der Waals surface area contributed by atoms with Gasteiger partial charge >= 0.3 is 0 Å². The van der Waals surface area contributed by atoms with E-state index in [-0.39, 0.29) is 9.90 Å². The van der Waals surface area contributed by atoms with Crippen LogP contribution in [-0.4, -0.2) is 19.0 Å². The molecule has 0 aliphatic carbocycles. The number of sulfone groups is 1. The minimum atomic E-state index is -3.45. The molecular formula is C5H4N2O3S2. The van der Waals surface area contributed by atoms with E-state index in [1.54, 1.807) is 0 Å². The molecule has 1 aromatic heterocycles. The van der Waals surface area contributed by atoms with Gasteiger partial charge in [0.05, 0.1) is 6.57 Å². The molecule has 0 fully saturated rings. The van der Waals surface area contributed by atoms with Crippen molar-refractivity contribution in [2.45, 2.75) is 4.21 Å². The number of nitrogens with zero attached hydrogens (tertiary/aromatic N) is 1. The zero-order valence-corrected chi connectivity index (χ0v) is 7.62. The highest BCUT2D eigenvalue weighted by molar-refractivity contribution is 7.92. The van der Waals surface area contributed by atoms with Gasteiger partial charge in [-0.05, 0) is 0 Å². The van der Waals surface area contributed by atoms with E-state index >= 15 is 0 Å². The van der Waals surface area contributed by atoms with Crippen molar-refractivity contribution in [2.24, 2.45) is 0 Å². The number of H-pyrrole nitrogens is 1. The van der Waals surface area contributed by atoms with E-state index in [4.69, 9.17) is 6.57 Å². The molecule has 1 N–H and O–H groups in total. The van der Waals surface area contributed by atoms with E-state index in [9.17, 15) is 13.2 Å². The standard InChI is InChI=1S/C5H4N2O3S2/c1-6-3-4(8)7-11-5(3)12(2,9)10/h2H3,(H,7,8). The molecule has 1 heterocycles. The molecule has 0 saturated heterocycles. The lowest BCUT2D eigenvalue weighted by Crippen LogP contribution is -1.98. The number of aromatic amines is 1. The van der Waals surface area contributed by atoms with Crippen LogP contribution in [0.15, 0.2) is 9.00 Å². The van der Waals surface area contributed by atoms with Crippen molar-refractivity contribution in [1.82, 2.24) is 4.37 Å². The Morgan fingerprint density at radius 2 is 2.17 bits per heavy atom. The van der Waals surface area contributed by atoms with Crippen molar-refractivity contribution in [1.29, 1.82) is 0 Å². The zero-order chi connectivity index (χ0) is 9.35. The second-order valence-corrected chi connectivity index (χ2v) is 5.08. The van der Waals surface area contributed by atoms with Gasteiger partial charge in [-0.25, -0.2) is 13.3 Å². The zero-order valence-electron chi connectivity index (χ0n) is 5.99. The highest BCUT2D eigenvalue weighted by atomic mass is 32.2. The average Bonchev–Trinajstić information content (AvgIpc) is 2.29. The lowest BCUT2D eigenvalue weighted by Gasteiger charge is -1.88. The maximum absolute atomic E-state index is 10.9. The van der Waals surface area contributed by atoms with Crippen LogP contribution >= 0.6 is 11.5 Å². The Labute approximate surface area is 72.6 Å². The molecule has 0 aromatic carbocycles. The summed E-state index contributed by atoms with van der Waals surface area (Å²) in [6.45, 7) is 6.57. The number of hydrogen-bond acceptors (Lipinski definition) is 4. The van der Waals surface area contributed by atoms with E-state index in [0.717, 1.165) is 6.26 Å². The molecule has 1 rings (SSSR count). The Kier molecular flexibility index (Phi) is 2.04. The average molecular weight is 204 g/mol. The maximum atomic E-state index is 10.9. The summed E-state index contributed by atoms with van der Waals surface area (Å²) in [6.07, 6.45) is 0.959. The molecule has 0 amide bonds. The third-order valence-electron chi connectivity index (χ3n) is 1.09. The van der Waals surface area contributed by atoms with Crippen LogP contribution in [0.1, 0.15) is 0 Å². The minimum absolute atomic E-state index is 0.192. The minimum Gasteiger partial charge on any atom is -0.287 e. The summed E-state index contributed by atoms with van der Waals surface area (Å²) in [5, 5.41) is 0. The number of rotatable bonds is 1. The van der Waals surface area contributed by atoms with Crippen LogP contribution in [-0.2, 0) is 9.84 Å². The maximum Gasteiger partial charge on any atom is 0.280 e. The van der Waals surface area contributed by atoms with Gasteiger partial charge in [0.15, 0.2) is 9.84 Å². The molecule has 0 bridgehead atoms. The van der Waals surface area contributed by atoms with Gasteiger partial charge in [0.1, 0.15) is 4.21 Å². The Hall–Kier alpha value is -1.13. The second-order valence-electron chi connectivity index (χ2n) is 2.05. The molecule has 0 unspecified atom stereocenters. The van der Waals surface area contributed by atoms with Gasteiger partial charge in [-0.1, -0.05) is 11.5 Å². The molecule has 0 radical (unpaired) electrons. The molecule has 1 aromatic rings. The van der Waals surface area contributed by atoms with Crippen LogP contribution in [0, 0.1) is 6.57 Å². The van der Waals surface area contributed by atoms with Crippen molar-refractivity contribution in [3.8, 4) is 0 Å². The summed E-state index contributed by atoms with van der Waals surface area (Å²) in [5.41, 5.74) is -0.988. The summed E-state index contributed by atoms with van der Waals surface area (Å²) in [5.74, 6) is 0. The van der Waals surface area contributed by atoms with Gasteiger partial charge in [-0.2, -0.15) is 0 Å². The van der Waals surface area contributed by atoms with Crippen molar-refractivity contribution < 1.29 is 8.42 Å². The molecule has 0 aliphatic heterocycles. The van der Waals surface area contributed by atoms with Crippen molar-refractivity contribution in [3.63, 3.8) is 0 Å². The van der Waals surface area contributed by atoms with Gasteiger partial charge in [0.25, 0.3) is 11.2 Å². The van der Waals surface area contributed by atoms with Crippen LogP contribution < -0.4 is 5.56 Å². The Morgan fingerprint density at radius 1 is 1.58 bits per heavy atom. The molecule has 7 heteroatoms. The number of aromatic nitrogens is 1. The van der Waals surface area contributed by atoms with Crippen molar-refractivity contribution in [3.05, 3.63) is 21.8 Å². The fraction of sp³-hybridized carbons (Fsp3) is 0.200. The first-order valence-corrected chi connectivity index (χ1v) is 5.46. The molecule has 0 atom stereocenters. The van der Waals surface area contributed by atoms with Gasteiger partial charge in [0, 0.05) is 6.26 Å². The summed E-state index contributed by atoms with van der Waals surface area (Å²) in [4.78, 5) is 13.6. The van der Waals surface area contributed by atoms with Crippen molar-refractivity contribution >= 4 is 27.1 Å². The fourth-order valence-electron chi connectivity index (χ4n) is 0.630.